The minimum atomic E-state index is -1.22. The SMILES string of the molecule is O=C(O)CCC(NC(=O)CSCc1cccs1)C(=O)O. The third kappa shape index (κ3) is 6.58. The molecule has 1 heterocycles. The van der Waals surface area contributed by atoms with Crippen LogP contribution in [0.25, 0.3) is 0 Å². The number of nitrogens with one attached hydrogen (secondary N) is 1. The molecule has 0 spiro atoms. The molecule has 1 amide bonds. The molecular weight excluding hydrogens is 302 g/mol. The normalized spacial score (nSPS) is 11.8. The smallest absolute Gasteiger partial charge is 0.326 e. The van der Waals surface area contributed by atoms with Crippen molar-refractivity contribution in [2.75, 3.05) is 5.75 Å². The topological polar surface area (TPSA) is 104 Å². The van der Waals surface area contributed by atoms with Gasteiger partial charge in [-0.2, -0.15) is 0 Å². The lowest BCUT2D eigenvalue weighted by Gasteiger charge is -2.13. The van der Waals surface area contributed by atoms with Gasteiger partial charge in [-0.25, -0.2) is 4.79 Å². The fourth-order valence-electron chi connectivity index (χ4n) is 1.40. The Morgan fingerprint density at radius 3 is 2.65 bits per heavy atom. The van der Waals surface area contributed by atoms with Crippen LogP contribution in [0.3, 0.4) is 0 Å². The fraction of sp³-hybridized carbons (Fsp3) is 0.417. The molecule has 20 heavy (non-hydrogen) atoms. The number of carbonyl (C=O) groups excluding carboxylic acids is 1. The molecule has 8 heteroatoms. The minimum Gasteiger partial charge on any atom is -0.481 e. The minimum absolute atomic E-state index is 0.119. The van der Waals surface area contributed by atoms with Crippen molar-refractivity contribution in [2.45, 2.75) is 24.6 Å². The molecule has 0 fully saturated rings. The first-order chi connectivity index (χ1) is 9.49. The molecule has 1 unspecified atom stereocenters. The highest BCUT2D eigenvalue weighted by Crippen LogP contribution is 2.16. The van der Waals surface area contributed by atoms with Crippen molar-refractivity contribution in [2.24, 2.45) is 0 Å². The largest absolute Gasteiger partial charge is 0.481 e. The summed E-state index contributed by atoms with van der Waals surface area (Å²) in [6, 6.07) is 2.73. The van der Waals surface area contributed by atoms with Crippen LogP contribution in [-0.4, -0.2) is 39.9 Å². The maximum Gasteiger partial charge on any atom is 0.326 e. The summed E-state index contributed by atoms with van der Waals surface area (Å²) in [4.78, 5) is 34.0. The third-order valence-electron chi connectivity index (χ3n) is 2.34. The summed E-state index contributed by atoms with van der Waals surface area (Å²) in [5, 5.41) is 21.7. The highest BCUT2D eigenvalue weighted by Gasteiger charge is 2.20. The van der Waals surface area contributed by atoms with E-state index in [9.17, 15) is 14.4 Å². The first-order valence-electron chi connectivity index (χ1n) is 5.83. The van der Waals surface area contributed by atoms with Gasteiger partial charge in [0.15, 0.2) is 0 Å². The predicted molar refractivity (Wildman–Crippen MR) is 76.9 cm³/mol. The fourth-order valence-corrected chi connectivity index (χ4v) is 3.08. The molecule has 110 valence electrons. The predicted octanol–water partition coefficient (Wildman–Crippen LogP) is 1.42. The number of carboxylic acids is 2. The zero-order valence-corrected chi connectivity index (χ0v) is 12.2. The Balaban J connectivity index is 2.30. The lowest BCUT2D eigenvalue weighted by atomic mass is 10.1. The standard InChI is InChI=1S/C12H15NO5S2/c14-10(7-19-6-8-2-1-5-20-8)13-9(12(17)18)3-4-11(15)16/h1-2,5,9H,3-4,6-7H2,(H,13,14)(H,15,16)(H,17,18). The Morgan fingerprint density at radius 1 is 1.35 bits per heavy atom. The van der Waals surface area contributed by atoms with Crippen LogP contribution >= 0.6 is 23.1 Å². The van der Waals surface area contributed by atoms with Gasteiger partial charge in [0.1, 0.15) is 6.04 Å². The monoisotopic (exact) mass is 317 g/mol. The van der Waals surface area contributed by atoms with E-state index >= 15 is 0 Å². The van der Waals surface area contributed by atoms with E-state index in [2.05, 4.69) is 5.32 Å². The van der Waals surface area contributed by atoms with Gasteiger partial charge in [-0.1, -0.05) is 6.07 Å². The summed E-state index contributed by atoms with van der Waals surface area (Å²) in [5.41, 5.74) is 0. The molecule has 1 aromatic heterocycles. The number of carbonyl (C=O) groups is 3. The summed E-state index contributed by atoms with van der Waals surface area (Å²) < 4.78 is 0. The average Bonchev–Trinajstić information content (AvgIpc) is 2.87. The summed E-state index contributed by atoms with van der Waals surface area (Å²) in [7, 11) is 0. The lowest BCUT2D eigenvalue weighted by Crippen LogP contribution is -2.41. The summed E-state index contributed by atoms with van der Waals surface area (Å²) in [6.07, 6.45) is -0.411. The highest BCUT2D eigenvalue weighted by molar-refractivity contribution is 7.99. The first kappa shape index (κ1) is 16.5. The highest BCUT2D eigenvalue weighted by atomic mass is 32.2. The molecule has 0 aromatic carbocycles. The van der Waals surface area contributed by atoms with Crippen LogP contribution in [-0.2, 0) is 20.1 Å². The van der Waals surface area contributed by atoms with Crippen LogP contribution in [0.15, 0.2) is 17.5 Å². The average molecular weight is 317 g/mol. The van der Waals surface area contributed by atoms with E-state index in [0.29, 0.717) is 5.75 Å². The summed E-state index contributed by atoms with van der Waals surface area (Å²) in [5.74, 6) is -1.86. The van der Waals surface area contributed by atoms with Crippen molar-refractivity contribution in [1.82, 2.24) is 5.32 Å². The van der Waals surface area contributed by atoms with Gasteiger partial charge < -0.3 is 15.5 Å². The Hall–Kier alpha value is -1.54. The number of thiophene rings is 1. The van der Waals surface area contributed by atoms with Gasteiger partial charge in [-0.05, 0) is 17.9 Å². The second-order valence-electron chi connectivity index (χ2n) is 3.96. The van der Waals surface area contributed by atoms with Crippen LogP contribution in [0.2, 0.25) is 0 Å². The number of hydrogen-bond acceptors (Lipinski definition) is 5. The Kier molecular flexibility index (Phi) is 7.10. The molecule has 0 aliphatic carbocycles. The van der Waals surface area contributed by atoms with Gasteiger partial charge in [-0.3, -0.25) is 9.59 Å². The molecule has 0 saturated carbocycles. The zero-order chi connectivity index (χ0) is 15.0. The first-order valence-corrected chi connectivity index (χ1v) is 7.86. The molecule has 1 rings (SSSR count). The lowest BCUT2D eigenvalue weighted by molar-refractivity contribution is -0.142. The van der Waals surface area contributed by atoms with Crippen LogP contribution in [0.1, 0.15) is 17.7 Å². The molecule has 0 saturated heterocycles. The van der Waals surface area contributed by atoms with Crippen molar-refractivity contribution in [3.05, 3.63) is 22.4 Å². The van der Waals surface area contributed by atoms with Crippen molar-refractivity contribution in [3.8, 4) is 0 Å². The van der Waals surface area contributed by atoms with E-state index < -0.39 is 23.9 Å². The molecule has 6 nitrogen and oxygen atoms in total. The van der Waals surface area contributed by atoms with Crippen LogP contribution in [0.5, 0.6) is 0 Å². The summed E-state index contributed by atoms with van der Waals surface area (Å²) in [6.45, 7) is 0. The molecule has 0 bridgehead atoms. The van der Waals surface area contributed by atoms with Gasteiger partial charge in [0.2, 0.25) is 5.91 Å². The van der Waals surface area contributed by atoms with Crippen molar-refractivity contribution in [3.63, 3.8) is 0 Å². The second kappa shape index (κ2) is 8.60. The van der Waals surface area contributed by atoms with Gasteiger partial charge in [-0.15, -0.1) is 23.1 Å². The Bertz CT molecular complexity index is 460. The Morgan fingerprint density at radius 2 is 2.10 bits per heavy atom. The van der Waals surface area contributed by atoms with Gasteiger partial charge in [0, 0.05) is 17.1 Å². The number of amides is 1. The quantitative estimate of drug-likeness (QED) is 0.636. The van der Waals surface area contributed by atoms with Crippen LogP contribution in [0.4, 0.5) is 0 Å². The number of carboxylic acid groups (broad SMARTS) is 2. The van der Waals surface area contributed by atoms with Crippen LogP contribution in [0, 0.1) is 0 Å². The molecule has 1 atom stereocenters. The van der Waals surface area contributed by atoms with E-state index in [1.54, 1.807) is 11.3 Å². The number of aliphatic carboxylic acids is 2. The van der Waals surface area contributed by atoms with E-state index in [4.69, 9.17) is 10.2 Å². The van der Waals surface area contributed by atoms with Gasteiger partial charge >= 0.3 is 11.9 Å². The van der Waals surface area contributed by atoms with Gasteiger partial charge in [0.25, 0.3) is 0 Å². The van der Waals surface area contributed by atoms with Crippen molar-refractivity contribution >= 4 is 40.9 Å². The molecule has 0 aliphatic rings. The number of thioether (sulfide) groups is 1. The maximum absolute atomic E-state index is 11.6. The van der Waals surface area contributed by atoms with E-state index in [0.717, 1.165) is 4.88 Å². The van der Waals surface area contributed by atoms with Crippen molar-refractivity contribution < 1.29 is 24.6 Å². The Labute approximate surface area is 124 Å². The van der Waals surface area contributed by atoms with E-state index in [1.807, 2.05) is 17.5 Å². The van der Waals surface area contributed by atoms with Crippen molar-refractivity contribution in [1.29, 1.82) is 0 Å². The molecular formula is C12H15NO5S2. The number of rotatable bonds is 9. The number of hydrogen-bond donors (Lipinski definition) is 3. The van der Waals surface area contributed by atoms with E-state index in [1.165, 1.54) is 11.8 Å². The maximum atomic E-state index is 11.6. The van der Waals surface area contributed by atoms with Crippen LogP contribution < -0.4 is 5.32 Å². The second-order valence-corrected chi connectivity index (χ2v) is 5.98. The zero-order valence-electron chi connectivity index (χ0n) is 10.6. The molecule has 1 aromatic rings. The molecule has 0 aliphatic heterocycles. The third-order valence-corrected chi connectivity index (χ3v) is 4.38. The molecule has 3 N–H and O–H groups in total. The van der Waals surface area contributed by atoms with Gasteiger partial charge in [0.05, 0.1) is 5.75 Å². The van der Waals surface area contributed by atoms with E-state index in [-0.39, 0.29) is 18.6 Å². The summed E-state index contributed by atoms with van der Waals surface area (Å²) >= 11 is 2.98. The molecule has 0 radical (unpaired) electrons.